The zero-order valence-electron chi connectivity index (χ0n) is 13.7. The van der Waals surface area contributed by atoms with Crippen molar-refractivity contribution in [1.82, 2.24) is 5.32 Å². The molecule has 24 heavy (non-hydrogen) atoms. The Labute approximate surface area is 140 Å². The van der Waals surface area contributed by atoms with Crippen LogP contribution in [0.5, 0.6) is 0 Å². The van der Waals surface area contributed by atoms with Gasteiger partial charge >= 0.3 is 0 Å². The van der Waals surface area contributed by atoms with Crippen LogP contribution in [0.3, 0.4) is 0 Å². The summed E-state index contributed by atoms with van der Waals surface area (Å²) in [7, 11) is 1.51. The molecule has 3 nitrogen and oxygen atoms in total. The van der Waals surface area contributed by atoms with Crippen molar-refractivity contribution in [3.63, 3.8) is 0 Å². The normalized spacial score (nSPS) is 25.7. The van der Waals surface area contributed by atoms with Crippen LogP contribution in [0.2, 0.25) is 0 Å². The van der Waals surface area contributed by atoms with E-state index >= 15 is 0 Å². The molecule has 0 spiro atoms. The molecule has 0 aliphatic carbocycles. The van der Waals surface area contributed by atoms with E-state index in [0.29, 0.717) is 6.42 Å². The van der Waals surface area contributed by atoms with Crippen molar-refractivity contribution < 1.29 is 13.6 Å². The average molecular weight is 330 g/mol. The maximum Gasteiger partial charge on any atom is 0.123 e. The number of hydrogen-bond donors (Lipinski definition) is 1. The SMILES string of the molecule is CO/N=C1\C[C@@H](c2cccc(F)c2)N[C@@H](c2cccc(F)c2)[C@@H]1C. The standard InChI is InChI=1S/C19H20F2N2O/c1-12-17(23-24-2)11-18(13-5-3-7-15(20)9-13)22-19(12)14-6-4-8-16(21)10-14/h3-10,12,18-19,22H,11H2,1-2H3/b23-17+/t12-,18+,19-/m1/s1. The van der Waals surface area contributed by atoms with Gasteiger partial charge in [0, 0.05) is 24.4 Å². The molecule has 0 saturated carbocycles. The second kappa shape index (κ2) is 7.09. The minimum atomic E-state index is -0.278. The van der Waals surface area contributed by atoms with E-state index in [0.717, 1.165) is 16.8 Å². The summed E-state index contributed by atoms with van der Waals surface area (Å²) in [4.78, 5) is 4.98. The van der Waals surface area contributed by atoms with Crippen molar-refractivity contribution in [3.8, 4) is 0 Å². The molecule has 3 atom stereocenters. The molecule has 126 valence electrons. The van der Waals surface area contributed by atoms with Gasteiger partial charge in [0.25, 0.3) is 0 Å². The van der Waals surface area contributed by atoms with Crippen LogP contribution in [0.15, 0.2) is 53.7 Å². The minimum absolute atomic E-state index is 0.0385. The van der Waals surface area contributed by atoms with Gasteiger partial charge in [0.1, 0.15) is 18.7 Å². The summed E-state index contributed by atoms with van der Waals surface area (Å²) < 4.78 is 27.2. The summed E-state index contributed by atoms with van der Waals surface area (Å²) in [6, 6.07) is 12.8. The fourth-order valence-electron chi connectivity index (χ4n) is 3.27. The molecule has 1 aliphatic heterocycles. The summed E-state index contributed by atoms with van der Waals surface area (Å²) in [5.41, 5.74) is 2.55. The maximum atomic E-state index is 13.6. The second-order valence-electron chi connectivity index (χ2n) is 6.06. The van der Waals surface area contributed by atoms with Gasteiger partial charge in [-0.3, -0.25) is 0 Å². The highest BCUT2D eigenvalue weighted by Gasteiger charge is 2.34. The van der Waals surface area contributed by atoms with Crippen LogP contribution in [-0.4, -0.2) is 12.8 Å². The van der Waals surface area contributed by atoms with Crippen molar-refractivity contribution in [2.24, 2.45) is 11.1 Å². The highest BCUT2D eigenvalue weighted by Crippen LogP contribution is 2.35. The van der Waals surface area contributed by atoms with Crippen LogP contribution >= 0.6 is 0 Å². The van der Waals surface area contributed by atoms with Crippen LogP contribution < -0.4 is 5.32 Å². The number of hydrogen-bond acceptors (Lipinski definition) is 3. The van der Waals surface area contributed by atoms with Crippen LogP contribution in [0, 0.1) is 17.6 Å². The van der Waals surface area contributed by atoms with Crippen LogP contribution in [0.1, 0.15) is 36.6 Å². The molecular weight excluding hydrogens is 310 g/mol. The number of oxime groups is 1. The minimum Gasteiger partial charge on any atom is -0.399 e. The Bertz CT molecular complexity index is 748. The summed E-state index contributed by atoms with van der Waals surface area (Å²) in [6.07, 6.45) is 0.615. The molecule has 0 unspecified atom stereocenters. The molecule has 1 N–H and O–H groups in total. The summed E-state index contributed by atoms with van der Waals surface area (Å²) in [5.74, 6) is -0.517. The molecule has 1 saturated heterocycles. The fourth-order valence-corrected chi connectivity index (χ4v) is 3.27. The lowest BCUT2D eigenvalue weighted by atomic mass is 9.81. The smallest absolute Gasteiger partial charge is 0.123 e. The van der Waals surface area contributed by atoms with Crippen molar-refractivity contribution in [1.29, 1.82) is 0 Å². The molecular formula is C19H20F2N2O. The Hall–Kier alpha value is -2.27. The third kappa shape index (κ3) is 3.46. The molecule has 1 aliphatic rings. The number of nitrogens with zero attached hydrogens (tertiary/aromatic N) is 1. The van der Waals surface area contributed by atoms with Crippen molar-refractivity contribution in [2.75, 3.05) is 7.11 Å². The van der Waals surface area contributed by atoms with E-state index in [4.69, 9.17) is 4.84 Å². The zero-order chi connectivity index (χ0) is 17.1. The Morgan fingerprint density at radius 2 is 1.67 bits per heavy atom. The first-order valence-corrected chi connectivity index (χ1v) is 7.95. The van der Waals surface area contributed by atoms with Gasteiger partial charge in [0.05, 0.1) is 5.71 Å². The third-order valence-electron chi connectivity index (χ3n) is 4.49. The molecule has 0 bridgehead atoms. The van der Waals surface area contributed by atoms with Gasteiger partial charge in [-0.05, 0) is 35.4 Å². The zero-order valence-corrected chi connectivity index (χ0v) is 13.7. The number of benzene rings is 2. The summed E-state index contributed by atoms with van der Waals surface area (Å²) in [6.45, 7) is 2.03. The number of piperidine rings is 1. The van der Waals surface area contributed by atoms with E-state index in [1.165, 1.54) is 31.4 Å². The average Bonchev–Trinajstić information content (AvgIpc) is 2.57. The summed E-state index contributed by atoms with van der Waals surface area (Å²) in [5, 5.41) is 7.66. The molecule has 2 aromatic rings. The van der Waals surface area contributed by atoms with Crippen LogP contribution in [0.4, 0.5) is 8.78 Å². The Morgan fingerprint density at radius 1 is 1.04 bits per heavy atom. The van der Waals surface area contributed by atoms with E-state index in [-0.39, 0.29) is 29.6 Å². The van der Waals surface area contributed by atoms with Gasteiger partial charge < -0.3 is 10.2 Å². The topological polar surface area (TPSA) is 33.6 Å². The predicted molar refractivity (Wildman–Crippen MR) is 89.6 cm³/mol. The maximum absolute atomic E-state index is 13.6. The first kappa shape index (κ1) is 16.6. The Kier molecular flexibility index (Phi) is 4.90. The van der Waals surface area contributed by atoms with Gasteiger partial charge in [-0.1, -0.05) is 36.3 Å². The molecule has 5 heteroatoms. The lowest BCUT2D eigenvalue weighted by molar-refractivity contribution is 0.205. The molecule has 2 aromatic carbocycles. The highest BCUT2D eigenvalue weighted by atomic mass is 19.1. The fraction of sp³-hybridized carbons (Fsp3) is 0.316. The highest BCUT2D eigenvalue weighted by molar-refractivity contribution is 5.88. The van der Waals surface area contributed by atoms with E-state index in [1.807, 2.05) is 19.1 Å². The molecule has 0 amide bonds. The van der Waals surface area contributed by atoms with Crippen molar-refractivity contribution in [2.45, 2.75) is 25.4 Å². The number of halogens is 2. The van der Waals surface area contributed by atoms with Gasteiger partial charge in [0.15, 0.2) is 0 Å². The van der Waals surface area contributed by atoms with Gasteiger partial charge in [0.2, 0.25) is 0 Å². The van der Waals surface area contributed by atoms with E-state index in [9.17, 15) is 8.78 Å². The van der Waals surface area contributed by atoms with E-state index in [2.05, 4.69) is 10.5 Å². The van der Waals surface area contributed by atoms with Gasteiger partial charge in [-0.25, -0.2) is 8.78 Å². The van der Waals surface area contributed by atoms with Crippen molar-refractivity contribution >= 4 is 5.71 Å². The van der Waals surface area contributed by atoms with E-state index in [1.54, 1.807) is 12.1 Å². The lowest BCUT2D eigenvalue weighted by Gasteiger charge is -2.37. The monoisotopic (exact) mass is 330 g/mol. The number of nitrogens with one attached hydrogen (secondary N) is 1. The first-order chi connectivity index (χ1) is 11.6. The molecule has 1 fully saturated rings. The quantitative estimate of drug-likeness (QED) is 0.848. The molecule has 1 heterocycles. The molecule has 0 radical (unpaired) electrons. The van der Waals surface area contributed by atoms with Crippen LogP contribution in [0.25, 0.3) is 0 Å². The van der Waals surface area contributed by atoms with Crippen molar-refractivity contribution in [3.05, 3.63) is 71.3 Å². The predicted octanol–water partition coefficient (Wildman–Crippen LogP) is 4.38. The summed E-state index contributed by atoms with van der Waals surface area (Å²) >= 11 is 0. The lowest BCUT2D eigenvalue weighted by Crippen LogP contribution is -2.41. The van der Waals surface area contributed by atoms with Gasteiger partial charge in [-0.15, -0.1) is 0 Å². The van der Waals surface area contributed by atoms with E-state index < -0.39 is 0 Å². The third-order valence-corrected chi connectivity index (χ3v) is 4.49. The molecule has 0 aromatic heterocycles. The molecule has 3 rings (SSSR count). The Balaban J connectivity index is 1.97. The Morgan fingerprint density at radius 3 is 2.29 bits per heavy atom. The van der Waals surface area contributed by atoms with Crippen LogP contribution in [-0.2, 0) is 4.84 Å². The second-order valence-corrected chi connectivity index (χ2v) is 6.06. The number of rotatable bonds is 3. The first-order valence-electron chi connectivity index (χ1n) is 7.95. The largest absolute Gasteiger partial charge is 0.399 e. The van der Waals surface area contributed by atoms with Gasteiger partial charge in [-0.2, -0.15) is 0 Å².